The monoisotopic (exact) mass is 375 g/mol. The Hall–Kier alpha value is -0.960. The number of nitrogens with one attached hydrogen (secondary N) is 1. The number of carbonyl (C=O) groups is 2. The molecule has 24 heavy (non-hydrogen) atoms. The molecule has 0 aromatic carbocycles. The van der Waals surface area contributed by atoms with E-state index in [4.69, 9.17) is 9.84 Å². The average molecular weight is 375 g/mol. The van der Waals surface area contributed by atoms with Crippen molar-refractivity contribution in [3.8, 4) is 0 Å². The van der Waals surface area contributed by atoms with Crippen molar-refractivity contribution in [2.24, 2.45) is 5.41 Å². The molecule has 144 valence electrons. The molecule has 0 aliphatic heterocycles. The molecular weight excluding hydrogens is 347 g/mol. The van der Waals surface area contributed by atoms with Crippen LogP contribution in [0.4, 0.5) is 13.2 Å². The van der Waals surface area contributed by atoms with E-state index >= 15 is 0 Å². The molecule has 0 unspecified atom stereocenters. The molecule has 0 rings (SSSR count). The van der Waals surface area contributed by atoms with Crippen molar-refractivity contribution in [1.82, 2.24) is 4.72 Å². The highest BCUT2D eigenvalue weighted by molar-refractivity contribution is 7.98. The normalized spacial score (nSPS) is 15.0. The van der Waals surface area contributed by atoms with Gasteiger partial charge < -0.3 is 9.84 Å². The SMILES string of the molecule is CC(C)(C)[C@](C)(NSC(F)(F)F)C(=O)O.CCC(=O)OC(C)(C)C. The molecule has 5 nitrogen and oxygen atoms in total. The smallest absolute Gasteiger partial charge is 0.456 e. The number of alkyl halides is 3. The van der Waals surface area contributed by atoms with Gasteiger partial charge in [-0.1, -0.05) is 27.7 Å². The van der Waals surface area contributed by atoms with E-state index in [2.05, 4.69) is 0 Å². The molecule has 0 saturated carbocycles. The van der Waals surface area contributed by atoms with Gasteiger partial charge in [-0.25, -0.2) is 4.72 Å². The van der Waals surface area contributed by atoms with Crippen LogP contribution in [0.1, 0.15) is 61.8 Å². The molecule has 0 spiro atoms. The summed E-state index contributed by atoms with van der Waals surface area (Å²) in [6.45, 7) is 13.3. The van der Waals surface area contributed by atoms with Crippen LogP contribution in [0.5, 0.6) is 0 Å². The lowest BCUT2D eigenvalue weighted by Gasteiger charge is -2.38. The first kappa shape index (κ1) is 25.3. The number of esters is 1. The Labute approximate surface area is 145 Å². The predicted octanol–water partition coefficient (Wildman–Crippen LogP) is 4.37. The number of ether oxygens (including phenoxy) is 1. The predicted molar refractivity (Wildman–Crippen MR) is 88.4 cm³/mol. The standard InChI is InChI=1S/C8H14F3NO2S.C7H14O2/c1-6(2,3)7(4,5(13)14)12-15-8(9,10)11;1-5-6(8)9-7(2,3)4/h12H,1-4H3,(H,13,14);5H2,1-4H3/t7-;/m1./s1. The number of rotatable bonds is 4. The molecule has 0 aliphatic rings. The van der Waals surface area contributed by atoms with Crippen molar-refractivity contribution >= 4 is 23.9 Å². The van der Waals surface area contributed by atoms with Gasteiger partial charge in [-0.15, -0.1) is 0 Å². The molecule has 2 N–H and O–H groups in total. The van der Waals surface area contributed by atoms with Gasteiger partial charge in [0.25, 0.3) is 0 Å². The lowest BCUT2D eigenvalue weighted by atomic mass is 9.76. The summed E-state index contributed by atoms with van der Waals surface area (Å²) in [7, 11) is 0. The maximum atomic E-state index is 11.9. The van der Waals surface area contributed by atoms with Crippen LogP contribution in [0.25, 0.3) is 0 Å². The minimum atomic E-state index is -4.50. The van der Waals surface area contributed by atoms with Gasteiger partial charge in [0.15, 0.2) is 0 Å². The van der Waals surface area contributed by atoms with Crippen LogP contribution >= 0.6 is 11.9 Å². The van der Waals surface area contributed by atoms with Gasteiger partial charge >= 0.3 is 17.4 Å². The molecule has 9 heteroatoms. The van der Waals surface area contributed by atoms with E-state index in [1.54, 1.807) is 27.7 Å². The van der Waals surface area contributed by atoms with Gasteiger partial charge in [-0.05, 0) is 33.1 Å². The summed E-state index contributed by atoms with van der Waals surface area (Å²) in [6.07, 6.45) is 0.456. The number of carbonyl (C=O) groups excluding carboxylic acids is 1. The number of aliphatic carboxylic acids is 1. The lowest BCUT2D eigenvalue weighted by Crippen LogP contribution is -2.56. The van der Waals surface area contributed by atoms with Crippen LogP contribution in [-0.2, 0) is 14.3 Å². The van der Waals surface area contributed by atoms with Crippen molar-refractivity contribution in [3.63, 3.8) is 0 Å². The summed E-state index contributed by atoms with van der Waals surface area (Å²) in [5.41, 5.74) is -7.31. The van der Waals surface area contributed by atoms with E-state index in [1.165, 1.54) is 6.92 Å². The number of halogens is 3. The van der Waals surface area contributed by atoms with Crippen molar-refractivity contribution in [3.05, 3.63) is 0 Å². The molecule has 0 radical (unpaired) electrons. The molecule has 0 aliphatic carbocycles. The van der Waals surface area contributed by atoms with Gasteiger partial charge in [-0.2, -0.15) is 13.2 Å². The second-order valence-electron chi connectivity index (χ2n) is 7.27. The van der Waals surface area contributed by atoms with Crippen LogP contribution in [0, 0.1) is 5.41 Å². The third-order valence-electron chi connectivity index (χ3n) is 3.01. The Kier molecular flexibility index (Phi) is 9.42. The fourth-order valence-corrected chi connectivity index (χ4v) is 1.80. The zero-order chi connectivity index (χ0) is 20.0. The summed E-state index contributed by atoms with van der Waals surface area (Å²) < 4.78 is 42.8. The highest BCUT2D eigenvalue weighted by atomic mass is 32.2. The second kappa shape index (κ2) is 8.94. The Morgan fingerprint density at radius 1 is 1.04 bits per heavy atom. The molecule has 0 saturated heterocycles. The summed E-state index contributed by atoms with van der Waals surface area (Å²) in [5, 5.41) is 8.92. The Morgan fingerprint density at radius 2 is 1.46 bits per heavy atom. The zero-order valence-electron chi connectivity index (χ0n) is 15.4. The first-order chi connectivity index (χ1) is 10.4. The summed E-state index contributed by atoms with van der Waals surface area (Å²) in [6, 6.07) is 0. The minimum Gasteiger partial charge on any atom is -0.480 e. The molecule has 0 bridgehead atoms. The molecule has 1 atom stereocenters. The molecule has 0 amide bonds. The van der Waals surface area contributed by atoms with E-state index in [9.17, 15) is 22.8 Å². The van der Waals surface area contributed by atoms with Crippen LogP contribution < -0.4 is 4.72 Å². The Bertz CT molecular complexity index is 428. The zero-order valence-corrected chi connectivity index (χ0v) is 16.2. The number of carboxylic acid groups (broad SMARTS) is 1. The van der Waals surface area contributed by atoms with E-state index < -0.39 is 34.4 Å². The van der Waals surface area contributed by atoms with E-state index in [-0.39, 0.29) is 11.6 Å². The van der Waals surface area contributed by atoms with Crippen molar-refractivity contribution in [2.45, 2.75) is 78.5 Å². The fourth-order valence-electron chi connectivity index (χ4n) is 1.09. The number of hydrogen-bond acceptors (Lipinski definition) is 5. The molecule has 0 fully saturated rings. The quantitative estimate of drug-likeness (QED) is 0.561. The molecular formula is C15H28F3NO4S. The topological polar surface area (TPSA) is 75.6 Å². The minimum absolute atomic E-state index is 0.137. The lowest BCUT2D eigenvalue weighted by molar-refractivity contribution is -0.154. The van der Waals surface area contributed by atoms with Gasteiger partial charge in [-0.3, -0.25) is 9.59 Å². The Morgan fingerprint density at radius 3 is 1.62 bits per heavy atom. The second-order valence-corrected chi connectivity index (χ2v) is 8.14. The highest BCUT2D eigenvalue weighted by Crippen LogP contribution is 2.36. The van der Waals surface area contributed by atoms with E-state index in [1.807, 2.05) is 25.5 Å². The van der Waals surface area contributed by atoms with Crippen molar-refractivity contribution in [1.29, 1.82) is 0 Å². The van der Waals surface area contributed by atoms with Crippen molar-refractivity contribution in [2.75, 3.05) is 0 Å². The average Bonchev–Trinajstić information content (AvgIpc) is 2.31. The van der Waals surface area contributed by atoms with Crippen LogP contribution in [0.3, 0.4) is 0 Å². The maximum absolute atomic E-state index is 11.9. The van der Waals surface area contributed by atoms with Crippen LogP contribution in [0.15, 0.2) is 0 Å². The highest BCUT2D eigenvalue weighted by Gasteiger charge is 2.47. The molecule has 0 aromatic rings. The van der Waals surface area contributed by atoms with Gasteiger partial charge in [0, 0.05) is 18.4 Å². The summed E-state index contributed by atoms with van der Waals surface area (Å²) >= 11 is -0.535. The van der Waals surface area contributed by atoms with Crippen LogP contribution in [0.2, 0.25) is 0 Å². The first-order valence-electron chi connectivity index (χ1n) is 7.33. The van der Waals surface area contributed by atoms with E-state index in [0.29, 0.717) is 6.42 Å². The Balaban J connectivity index is 0. The van der Waals surface area contributed by atoms with Gasteiger partial charge in [0.2, 0.25) is 0 Å². The number of carboxylic acids is 1. The maximum Gasteiger partial charge on any atom is 0.456 e. The summed E-state index contributed by atoms with van der Waals surface area (Å²) in [5.74, 6) is -1.45. The van der Waals surface area contributed by atoms with E-state index in [0.717, 1.165) is 0 Å². The van der Waals surface area contributed by atoms with Gasteiger partial charge in [0.1, 0.15) is 11.1 Å². The largest absolute Gasteiger partial charge is 0.480 e. The summed E-state index contributed by atoms with van der Waals surface area (Å²) in [4.78, 5) is 21.5. The third-order valence-corrected chi connectivity index (χ3v) is 3.75. The van der Waals surface area contributed by atoms with Gasteiger partial charge in [0.05, 0.1) is 0 Å². The first-order valence-corrected chi connectivity index (χ1v) is 8.14. The number of hydrogen-bond donors (Lipinski definition) is 2. The molecule has 0 heterocycles. The van der Waals surface area contributed by atoms with Crippen LogP contribution in [-0.4, -0.2) is 33.7 Å². The molecule has 0 aromatic heterocycles. The van der Waals surface area contributed by atoms with Crippen molar-refractivity contribution < 1.29 is 32.6 Å². The third kappa shape index (κ3) is 10.7. The fraction of sp³-hybridized carbons (Fsp3) is 0.867.